The molecule has 1 unspecified atom stereocenters. The van der Waals surface area contributed by atoms with Gasteiger partial charge < -0.3 is 22.1 Å². The Morgan fingerprint density at radius 2 is 0.952 bits per heavy atom. The second kappa shape index (κ2) is 10.9. The summed E-state index contributed by atoms with van der Waals surface area (Å²) in [5.74, 6) is 0. The zero-order valence-corrected chi connectivity index (χ0v) is 16.9. The SMILES string of the molecule is CCO[Si](CC)(OCC)C(C)[Si](OCC)(OCC)OCC. The van der Waals surface area contributed by atoms with E-state index in [1.54, 1.807) is 0 Å². The fraction of sp³-hybridized carbons (Fsp3) is 1.00. The molecule has 0 N–H and O–H groups in total. The minimum absolute atomic E-state index is 0.0368. The van der Waals surface area contributed by atoms with Gasteiger partial charge in [-0.3, -0.25) is 0 Å². The Bertz CT molecular complexity index is 243. The minimum Gasteiger partial charge on any atom is -0.394 e. The van der Waals surface area contributed by atoms with Crippen molar-refractivity contribution in [1.29, 1.82) is 0 Å². The molecule has 1 atom stereocenters. The molecule has 0 amide bonds. The van der Waals surface area contributed by atoms with Gasteiger partial charge in [0.15, 0.2) is 0 Å². The zero-order chi connectivity index (χ0) is 16.4. The first-order valence-electron chi connectivity index (χ1n) is 8.21. The minimum atomic E-state index is -2.82. The third-order valence-corrected chi connectivity index (χ3v) is 12.9. The van der Waals surface area contributed by atoms with Crippen LogP contribution in [0.2, 0.25) is 11.2 Å². The van der Waals surface area contributed by atoms with Crippen molar-refractivity contribution in [3.8, 4) is 0 Å². The van der Waals surface area contributed by atoms with E-state index in [9.17, 15) is 0 Å². The van der Waals surface area contributed by atoms with Gasteiger partial charge in [0.25, 0.3) is 0 Å². The standard InChI is InChI=1S/C14H34O5Si2/c1-8-15-20(13-6,16-9-2)14(7)21(17-10-3,18-11-4)19-12-5/h14H,8-13H2,1-7H3. The third-order valence-electron chi connectivity index (χ3n) is 3.50. The molecule has 0 aliphatic heterocycles. The van der Waals surface area contributed by atoms with Crippen molar-refractivity contribution in [2.75, 3.05) is 33.0 Å². The smallest absolute Gasteiger partial charge is 0.394 e. The van der Waals surface area contributed by atoms with E-state index in [4.69, 9.17) is 22.1 Å². The maximum atomic E-state index is 6.14. The number of hydrogen-bond donors (Lipinski definition) is 0. The molecule has 0 aliphatic rings. The van der Waals surface area contributed by atoms with Crippen LogP contribution >= 0.6 is 0 Å². The fourth-order valence-electron chi connectivity index (χ4n) is 2.66. The molecule has 0 saturated heterocycles. The predicted molar refractivity (Wildman–Crippen MR) is 89.5 cm³/mol. The van der Waals surface area contributed by atoms with E-state index in [-0.39, 0.29) is 5.16 Å². The first-order valence-corrected chi connectivity index (χ1v) is 12.1. The molecule has 0 radical (unpaired) electrons. The van der Waals surface area contributed by atoms with Crippen LogP contribution in [0.25, 0.3) is 0 Å². The topological polar surface area (TPSA) is 46.2 Å². The molecule has 7 heteroatoms. The van der Waals surface area contributed by atoms with Crippen LogP contribution in [0, 0.1) is 0 Å². The molecular weight excluding hydrogens is 304 g/mol. The molecule has 5 nitrogen and oxygen atoms in total. The van der Waals surface area contributed by atoms with Gasteiger partial charge in [-0.15, -0.1) is 0 Å². The molecular formula is C14H34O5Si2. The van der Waals surface area contributed by atoms with Crippen LogP contribution < -0.4 is 0 Å². The summed E-state index contributed by atoms with van der Waals surface area (Å²) < 4.78 is 30.4. The lowest BCUT2D eigenvalue weighted by molar-refractivity contribution is 0.0609. The molecule has 0 aliphatic carbocycles. The average Bonchev–Trinajstić information content (AvgIpc) is 2.46. The normalized spacial score (nSPS) is 14.4. The summed E-state index contributed by atoms with van der Waals surface area (Å²) in [5.41, 5.74) is 0. The van der Waals surface area contributed by atoms with Crippen LogP contribution in [-0.2, 0) is 22.1 Å². The summed E-state index contributed by atoms with van der Waals surface area (Å²) in [6.07, 6.45) is 0. The van der Waals surface area contributed by atoms with Crippen molar-refractivity contribution >= 4 is 17.4 Å². The maximum Gasteiger partial charge on any atom is 0.505 e. The van der Waals surface area contributed by atoms with E-state index in [1.807, 2.05) is 34.6 Å². The van der Waals surface area contributed by atoms with Gasteiger partial charge in [-0.05, 0) is 40.7 Å². The van der Waals surface area contributed by atoms with Gasteiger partial charge in [0, 0.05) is 33.0 Å². The van der Waals surface area contributed by atoms with Crippen molar-refractivity contribution in [1.82, 2.24) is 0 Å². The van der Waals surface area contributed by atoms with Crippen LogP contribution in [0.3, 0.4) is 0 Å². The maximum absolute atomic E-state index is 6.14. The zero-order valence-electron chi connectivity index (χ0n) is 14.9. The lowest BCUT2D eigenvalue weighted by Crippen LogP contribution is -2.61. The first-order chi connectivity index (χ1) is 10.0. The largest absolute Gasteiger partial charge is 0.505 e. The van der Waals surface area contributed by atoms with Gasteiger partial charge in [0.05, 0.1) is 5.16 Å². The highest BCUT2D eigenvalue weighted by atomic mass is 28.4. The number of rotatable bonds is 13. The molecule has 0 spiro atoms. The van der Waals surface area contributed by atoms with E-state index >= 15 is 0 Å². The highest BCUT2D eigenvalue weighted by Gasteiger charge is 2.60. The third kappa shape index (κ3) is 5.42. The van der Waals surface area contributed by atoms with Gasteiger partial charge >= 0.3 is 17.4 Å². The van der Waals surface area contributed by atoms with Gasteiger partial charge in [-0.1, -0.05) is 13.8 Å². The Morgan fingerprint density at radius 3 is 1.19 bits per heavy atom. The lowest BCUT2D eigenvalue weighted by Gasteiger charge is -2.42. The second-order valence-corrected chi connectivity index (χ2v) is 11.9. The predicted octanol–water partition coefficient (Wildman–Crippen LogP) is 3.50. The van der Waals surface area contributed by atoms with Crippen LogP contribution in [0.15, 0.2) is 0 Å². The Balaban J connectivity index is 5.57. The van der Waals surface area contributed by atoms with E-state index in [2.05, 4.69) is 13.8 Å². The summed E-state index contributed by atoms with van der Waals surface area (Å²) in [7, 11) is -5.25. The lowest BCUT2D eigenvalue weighted by atomic mass is 10.9. The molecule has 0 fully saturated rings. The van der Waals surface area contributed by atoms with Crippen LogP contribution in [0.4, 0.5) is 0 Å². The van der Waals surface area contributed by atoms with Gasteiger partial charge in [0.1, 0.15) is 0 Å². The summed E-state index contributed by atoms with van der Waals surface area (Å²) in [6.45, 7) is 17.2. The molecule has 21 heavy (non-hydrogen) atoms. The first kappa shape index (κ1) is 21.2. The van der Waals surface area contributed by atoms with Crippen LogP contribution in [-0.4, -0.2) is 50.4 Å². The highest BCUT2D eigenvalue weighted by Crippen LogP contribution is 2.38. The van der Waals surface area contributed by atoms with Gasteiger partial charge in [0.2, 0.25) is 0 Å². The molecule has 0 rings (SSSR count). The van der Waals surface area contributed by atoms with Gasteiger partial charge in [-0.25, -0.2) is 0 Å². The van der Waals surface area contributed by atoms with Crippen molar-refractivity contribution in [3.63, 3.8) is 0 Å². The fourth-order valence-corrected chi connectivity index (χ4v) is 11.5. The monoisotopic (exact) mass is 338 g/mol. The molecule has 0 aromatic carbocycles. The average molecular weight is 339 g/mol. The molecule has 0 saturated carbocycles. The van der Waals surface area contributed by atoms with E-state index in [0.717, 1.165) is 6.04 Å². The molecule has 0 aromatic heterocycles. The highest BCUT2D eigenvalue weighted by molar-refractivity contribution is 6.85. The van der Waals surface area contributed by atoms with Crippen molar-refractivity contribution in [2.24, 2.45) is 0 Å². The van der Waals surface area contributed by atoms with Crippen LogP contribution in [0.5, 0.6) is 0 Å². The Hall–Kier alpha value is 0.234. The molecule has 0 aromatic rings. The molecule has 0 heterocycles. The second-order valence-electron chi connectivity index (χ2n) is 4.66. The van der Waals surface area contributed by atoms with Gasteiger partial charge in [-0.2, -0.15) is 0 Å². The Morgan fingerprint density at radius 1 is 0.619 bits per heavy atom. The van der Waals surface area contributed by atoms with Crippen molar-refractivity contribution in [2.45, 2.75) is 59.7 Å². The number of hydrogen-bond acceptors (Lipinski definition) is 5. The van der Waals surface area contributed by atoms with E-state index < -0.39 is 17.4 Å². The van der Waals surface area contributed by atoms with Crippen molar-refractivity contribution in [3.05, 3.63) is 0 Å². The summed E-state index contributed by atoms with van der Waals surface area (Å²) in [6, 6.07) is 0.859. The summed E-state index contributed by atoms with van der Waals surface area (Å²) in [5, 5.41) is 0.0368. The van der Waals surface area contributed by atoms with Crippen molar-refractivity contribution < 1.29 is 22.1 Å². The quantitative estimate of drug-likeness (QED) is 0.481. The molecule has 0 bridgehead atoms. The molecule has 128 valence electrons. The van der Waals surface area contributed by atoms with E-state index in [1.165, 1.54) is 0 Å². The summed E-state index contributed by atoms with van der Waals surface area (Å²) in [4.78, 5) is 0. The van der Waals surface area contributed by atoms with E-state index in [0.29, 0.717) is 33.0 Å². The Labute approximate surface area is 132 Å². The van der Waals surface area contributed by atoms with Crippen LogP contribution in [0.1, 0.15) is 48.5 Å². The Kier molecular flexibility index (Phi) is 11.0. The summed E-state index contributed by atoms with van der Waals surface area (Å²) >= 11 is 0.